The van der Waals surface area contributed by atoms with E-state index < -0.39 is 0 Å². The molecule has 0 amide bonds. The zero-order valence-corrected chi connectivity index (χ0v) is 11.2. The van der Waals surface area contributed by atoms with Gasteiger partial charge in [-0.1, -0.05) is 20.8 Å². The van der Waals surface area contributed by atoms with E-state index in [9.17, 15) is 0 Å². The molecule has 0 saturated carbocycles. The molecular formula is C13H27N3. The summed E-state index contributed by atoms with van der Waals surface area (Å²) >= 11 is 0. The number of nitrogens with one attached hydrogen (secondary N) is 1. The van der Waals surface area contributed by atoms with E-state index in [2.05, 4.69) is 25.7 Å². The van der Waals surface area contributed by atoms with Gasteiger partial charge >= 0.3 is 0 Å². The van der Waals surface area contributed by atoms with Crippen molar-refractivity contribution in [2.75, 3.05) is 13.1 Å². The van der Waals surface area contributed by atoms with Gasteiger partial charge in [0.15, 0.2) is 0 Å². The van der Waals surface area contributed by atoms with Gasteiger partial charge < -0.3 is 5.73 Å². The molecule has 1 saturated heterocycles. The standard InChI is InChI=1S/C13H27N3/c1-10(12(14)15)16-8-5-6-11(7-9-16)13(2,3)4/h10-11H,5-9H2,1-4H3,(H3,14,15). The average Bonchev–Trinajstić information content (AvgIpc) is 2.40. The van der Waals surface area contributed by atoms with Crippen LogP contribution in [0, 0.1) is 16.7 Å². The Bertz CT molecular complexity index is 242. The maximum atomic E-state index is 7.52. The first-order chi connectivity index (χ1) is 7.32. The third-order valence-corrected chi connectivity index (χ3v) is 3.99. The number of hydrogen-bond donors (Lipinski definition) is 2. The van der Waals surface area contributed by atoms with Crippen LogP contribution >= 0.6 is 0 Å². The van der Waals surface area contributed by atoms with Crippen molar-refractivity contribution < 1.29 is 0 Å². The summed E-state index contributed by atoms with van der Waals surface area (Å²) in [5.74, 6) is 1.10. The summed E-state index contributed by atoms with van der Waals surface area (Å²) in [6.07, 6.45) is 3.78. The van der Waals surface area contributed by atoms with Crippen LogP contribution in [0.2, 0.25) is 0 Å². The largest absolute Gasteiger partial charge is 0.386 e. The number of likely N-dealkylation sites (tertiary alicyclic amines) is 1. The molecule has 3 N–H and O–H groups in total. The summed E-state index contributed by atoms with van der Waals surface area (Å²) in [5.41, 5.74) is 5.99. The minimum absolute atomic E-state index is 0.110. The average molecular weight is 225 g/mol. The molecule has 1 aliphatic rings. The zero-order valence-electron chi connectivity index (χ0n) is 11.2. The first-order valence-electron chi connectivity index (χ1n) is 6.40. The highest BCUT2D eigenvalue weighted by Crippen LogP contribution is 2.34. The highest BCUT2D eigenvalue weighted by atomic mass is 15.2. The zero-order chi connectivity index (χ0) is 12.3. The summed E-state index contributed by atoms with van der Waals surface area (Å²) in [4.78, 5) is 2.36. The van der Waals surface area contributed by atoms with Crippen molar-refractivity contribution in [3.63, 3.8) is 0 Å². The molecule has 3 nitrogen and oxygen atoms in total. The third-order valence-electron chi connectivity index (χ3n) is 3.99. The summed E-state index contributed by atoms with van der Waals surface area (Å²) < 4.78 is 0. The monoisotopic (exact) mass is 225 g/mol. The van der Waals surface area contributed by atoms with Crippen molar-refractivity contribution >= 4 is 5.84 Å². The highest BCUT2D eigenvalue weighted by molar-refractivity contribution is 5.82. The van der Waals surface area contributed by atoms with Crippen molar-refractivity contribution in [1.29, 1.82) is 5.41 Å². The van der Waals surface area contributed by atoms with Gasteiger partial charge in [-0.25, -0.2) is 0 Å². The van der Waals surface area contributed by atoms with Gasteiger partial charge in [0.25, 0.3) is 0 Å². The van der Waals surface area contributed by atoms with Gasteiger partial charge in [0.2, 0.25) is 0 Å². The molecule has 1 fully saturated rings. The Morgan fingerprint density at radius 1 is 1.31 bits per heavy atom. The Balaban J connectivity index is 2.56. The van der Waals surface area contributed by atoms with Gasteiger partial charge in [-0.3, -0.25) is 10.3 Å². The number of nitrogens with two attached hydrogens (primary N) is 1. The van der Waals surface area contributed by atoms with E-state index >= 15 is 0 Å². The number of amidine groups is 1. The van der Waals surface area contributed by atoms with E-state index in [0.29, 0.717) is 11.3 Å². The van der Waals surface area contributed by atoms with Crippen LogP contribution in [0.1, 0.15) is 47.0 Å². The van der Waals surface area contributed by atoms with Crippen LogP contribution in [0.5, 0.6) is 0 Å². The molecule has 94 valence electrons. The van der Waals surface area contributed by atoms with Crippen molar-refractivity contribution in [2.45, 2.75) is 53.0 Å². The highest BCUT2D eigenvalue weighted by Gasteiger charge is 2.28. The Morgan fingerprint density at radius 2 is 1.94 bits per heavy atom. The molecule has 0 spiro atoms. The molecule has 0 aromatic carbocycles. The van der Waals surface area contributed by atoms with E-state index in [1.165, 1.54) is 19.3 Å². The Kier molecular flexibility index (Phi) is 4.36. The molecule has 3 heteroatoms. The molecule has 0 aromatic rings. The maximum absolute atomic E-state index is 7.52. The molecule has 2 unspecified atom stereocenters. The SMILES string of the molecule is CC(C(=N)N)N1CCCC(C(C)(C)C)CC1. The van der Waals surface area contributed by atoms with Crippen LogP contribution in [-0.4, -0.2) is 29.9 Å². The summed E-state index contributed by atoms with van der Waals surface area (Å²) in [6.45, 7) is 11.2. The second-order valence-electron chi connectivity index (χ2n) is 6.16. The molecule has 1 aliphatic heterocycles. The van der Waals surface area contributed by atoms with Gasteiger partial charge in [0.1, 0.15) is 5.84 Å². The fourth-order valence-corrected chi connectivity index (χ4v) is 2.57. The molecule has 0 radical (unpaired) electrons. The van der Waals surface area contributed by atoms with E-state index in [0.717, 1.165) is 19.0 Å². The lowest BCUT2D eigenvalue weighted by Gasteiger charge is -2.30. The van der Waals surface area contributed by atoms with Gasteiger partial charge in [-0.05, 0) is 50.6 Å². The lowest BCUT2D eigenvalue weighted by Crippen LogP contribution is -2.42. The third kappa shape index (κ3) is 3.48. The van der Waals surface area contributed by atoms with Crippen molar-refractivity contribution in [1.82, 2.24) is 4.90 Å². The summed E-state index contributed by atoms with van der Waals surface area (Å²) in [5, 5.41) is 7.52. The molecule has 16 heavy (non-hydrogen) atoms. The molecule has 0 aliphatic carbocycles. The minimum Gasteiger partial charge on any atom is -0.386 e. The Morgan fingerprint density at radius 3 is 2.44 bits per heavy atom. The minimum atomic E-state index is 0.110. The molecule has 1 heterocycles. The van der Waals surface area contributed by atoms with E-state index in [4.69, 9.17) is 11.1 Å². The first kappa shape index (κ1) is 13.5. The molecular weight excluding hydrogens is 198 g/mol. The van der Waals surface area contributed by atoms with Gasteiger partial charge in [-0.15, -0.1) is 0 Å². The number of hydrogen-bond acceptors (Lipinski definition) is 2. The van der Waals surface area contributed by atoms with Crippen molar-refractivity contribution in [2.24, 2.45) is 17.1 Å². The van der Waals surface area contributed by atoms with Crippen molar-refractivity contribution in [3.8, 4) is 0 Å². The quantitative estimate of drug-likeness (QED) is 0.560. The van der Waals surface area contributed by atoms with Crippen molar-refractivity contribution in [3.05, 3.63) is 0 Å². The summed E-state index contributed by atoms with van der Waals surface area (Å²) in [6, 6.07) is 0.110. The van der Waals surface area contributed by atoms with Gasteiger partial charge in [0.05, 0.1) is 6.04 Å². The predicted molar refractivity (Wildman–Crippen MR) is 69.7 cm³/mol. The molecule has 2 atom stereocenters. The second-order valence-corrected chi connectivity index (χ2v) is 6.16. The van der Waals surface area contributed by atoms with Crippen LogP contribution in [0.4, 0.5) is 0 Å². The van der Waals surface area contributed by atoms with Gasteiger partial charge in [-0.2, -0.15) is 0 Å². The topological polar surface area (TPSA) is 53.1 Å². The van der Waals surface area contributed by atoms with Crippen LogP contribution in [0.25, 0.3) is 0 Å². The van der Waals surface area contributed by atoms with E-state index in [-0.39, 0.29) is 6.04 Å². The second kappa shape index (κ2) is 5.17. The fraction of sp³-hybridized carbons (Fsp3) is 0.923. The molecule has 0 bridgehead atoms. The van der Waals surface area contributed by atoms with Crippen LogP contribution in [0.15, 0.2) is 0 Å². The number of nitrogens with zero attached hydrogens (tertiary/aromatic N) is 1. The normalized spacial score (nSPS) is 26.1. The smallest absolute Gasteiger partial charge is 0.108 e. The van der Waals surface area contributed by atoms with E-state index in [1.807, 2.05) is 6.92 Å². The first-order valence-corrected chi connectivity index (χ1v) is 6.40. The summed E-state index contributed by atoms with van der Waals surface area (Å²) in [7, 11) is 0. The van der Waals surface area contributed by atoms with Crippen LogP contribution in [-0.2, 0) is 0 Å². The number of rotatable bonds is 2. The lowest BCUT2D eigenvalue weighted by molar-refractivity contribution is 0.204. The Hall–Kier alpha value is -0.570. The van der Waals surface area contributed by atoms with E-state index in [1.54, 1.807) is 0 Å². The van der Waals surface area contributed by atoms with Crippen LogP contribution in [0.3, 0.4) is 0 Å². The maximum Gasteiger partial charge on any atom is 0.108 e. The lowest BCUT2D eigenvalue weighted by atomic mass is 9.77. The van der Waals surface area contributed by atoms with Gasteiger partial charge in [0, 0.05) is 0 Å². The van der Waals surface area contributed by atoms with Crippen LogP contribution < -0.4 is 5.73 Å². The Labute approximate surface area is 99.9 Å². The predicted octanol–water partition coefficient (Wildman–Crippen LogP) is 2.46. The fourth-order valence-electron chi connectivity index (χ4n) is 2.57. The molecule has 0 aromatic heterocycles. The molecule has 1 rings (SSSR count).